The van der Waals surface area contributed by atoms with Crippen LogP contribution in [-0.4, -0.2) is 34.3 Å². The fraction of sp³-hybridized carbons (Fsp3) is 0.200. The van der Waals surface area contributed by atoms with E-state index in [2.05, 4.69) is 10.3 Å². The van der Waals surface area contributed by atoms with Crippen molar-refractivity contribution in [3.8, 4) is 0 Å². The topological polar surface area (TPSA) is 108 Å². The van der Waals surface area contributed by atoms with Crippen LogP contribution in [0.15, 0.2) is 54.7 Å². The van der Waals surface area contributed by atoms with Crippen LogP contribution < -0.4 is 10.2 Å². The van der Waals surface area contributed by atoms with Crippen molar-refractivity contribution < 1.29 is 14.5 Å². The number of hydrogen-bond donors (Lipinski definition) is 2. The monoisotopic (exact) mass is 378 g/mol. The van der Waals surface area contributed by atoms with Crippen LogP contribution in [0.5, 0.6) is 0 Å². The molecule has 8 nitrogen and oxygen atoms in total. The number of benzene rings is 2. The Hall–Kier alpha value is -3.52. The van der Waals surface area contributed by atoms with Crippen LogP contribution in [0.25, 0.3) is 10.9 Å². The minimum Gasteiger partial charge on any atom is -0.361 e. The molecule has 0 aliphatic carbocycles. The number of nitrogens with one attached hydrogen (secondary N) is 2. The largest absolute Gasteiger partial charge is 0.361 e. The van der Waals surface area contributed by atoms with Crippen molar-refractivity contribution in [1.82, 2.24) is 10.3 Å². The van der Waals surface area contributed by atoms with Gasteiger partial charge >= 0.3 is 0 Å². The van der Waals surface area contributed by atoms with Crippen molar-refractivity contribution in [2.24, 2.45) is 0 Å². The lowest BCUT2D eigenvalue weighted by Gasteiger charge is -2.15. The fourth-order valence-electron chi connectivity index (χ4n) is 3.53. The minimum atomic E-state index is -0.628. The lowest BCUT2D eigenvalue weighted by atomic mass is 10.1. The van der Waals surface area contributed by atoms with Gasteiger partial charge in [-0.25, -0.2) is 4.90 Å². The predicted octanol–water partition coefficient (Wildman–Crippen LogP) is 2.54. The Labute approximate surface area is 160 Å². The molecule has 2 heterocycles. The number of imide groups is 1. The smallest absolute Gasteiger partial charge is 0.271 e. The summed E-state index contributed by atoms with van der Waals surface area (Å²) in [6.07, 6.45) is 2.69. The third kappa shape index (κ3) is 3.25. The summed E-state index contributed by atoms with van der Waals surface area (Å²) in [4.78, 5) is 39.6. The summed E-state index contributed by atoms with van der Waals surface area (Å²) >= 11 is 0. The second-order valence-corrected chi connectivity index (χ2v) is 6.66. The molecule has 4 rings (SSSR count). The highest BCUT2D eigenvalue weighted by atomic mass is 16.6. The van der Waals surface area contributed by atoms with Crippen LogP contribution in [0.3, 0.4) is 0 Å². The lowest BCUT2D eigenvalue weighted by molar-refractivity contribution is -0.384. The summed E-state index contributed by atoms with van der Waals surface area (Å²) < 4.78 is 0. The van der Waals surface area contributed by atoms with Crippen molar-refractivity contribution in [3.05, 3.63) is 70.4 Å². The molecule has 1 aromatic heterocycles. The second-order valence-electron chi connectivity index (χ2n) is 6.66. The van der Waals surface area contributed by atoms with E-state index >= 15 is 0 Å². The van der Waals surface area contributed by atoms with E-state index < -0.39 is 11.0 Å². The molecule has 2 N–H and O–H groups in total. The minimum absolute atomic E-state index is 0.0371. The third-order valence-electron chi connectivity index (χ3n) is 4.91. The van der Waals surface area contributed by atoms with Gasteiger partial charge in [-0.05, 0) is 24.1 Å². The molecule has 1 aliphatic heterocycles. The zero-order chi connectivity index (χ0) is 19.7. The van der Waals surface area contributed by atoms with Crippen LogP contribution in [0, 0.1) is 10.1 Å². The molecule has 1 aliphatic rings. The molecule has 142 valence electrons. The summed E-state index contributed by atoms with van der Waals surface area (Å²) in [6.45, 7) is 0.536. The molecular formula is C20H18N4O4. The maximum atomic E-state index is 12.7. The molecule has 1 fully saturated rings. The first kappa shape index (κ1) is 17.9. The number of carbonyl (C=O) groups is 2. The molecule has 0 bridgehead atoms. The number of nitro groups is 1. The van der Waals surface area contributed by atoms with Crippen LogP contribution >= 0.6 is 0 Å². The highest BCUT2D eigenvalue weighted by Crippen LogP contribution is 2.26. The lowest BCUT2D eigenvalue weighted by Crippen LogP contribution is -2.39. The molecule has 0 radical (unpaired) electrons. The van der Waals surface area contributed by atoms with Gasteiger partial charge in [0.15, 0.2) is 0 Å². The van der Waals surface area contributed by atoms with Gasteiger partial charge in [-0.15, -0.1) is 0 Å². The summed E-state index contributed by atoms with van der Waals surface area (Å²) in [7, 11) is 0. The quantitative estimate of drug-likeness (QED) is 0.389. The highest BCUT2D eigenvalue weighted by Gasteiger charge is 2.39. The zero-order valence-electron chi connectivity index (χ0n) is 14.9. The predicted molar refractivity (Wildman–Crippen MR) is 104 cm³/mol. The van der Waals surface area contributed by atoms with Crippen LogP contribution in [0.2, 0.25) is 0 Å². The van der Waals surface area contributed by atoms with Crippen molar-refractivity contribution in [3.63, 3.8) is 0 Å². The Balaban J connectivity index is 1.43. The second kappa shape index (κ2) is 7.24. The molecule has 1 atom stereocenters. The number of non-ortho nitro benzene ring substituents is 1. The molecule has 2 amide bonds. The van der Waals surface area contributed by atoms with Crippen molar-refractivity contribution in [2.75, 3.05) is 11.4 Å². The Bertz CT molecular complexity index is 1070. The molecule has 0 unspecified atom stereocenters. The number of rotatable bonds is 6. The number of H-pyrrole nitrogens is 1. The van der Waals surface area contributed by atoms with Crippen LogP contribution in [0.4, 0.5) is 11.4 Å². The number of fused-ring (bicyclic) bond motifs is 1. The van der Waals surface area contributed by atoms with E-state index in [-0.39, 0.29) is 29.6 Å². The number of para-hydroxylation sites is 1. The molecule has 0 saturated carbocycles. The number of aromatic amines is 1. The number of carbonyl (C=O) groups excluding carboxylic acids is 2. The van der Waals surface area contributed by atoms with Gasteiger partial charge in [0.25, 0.3) is 11.6 Å². The summed E-state index contributed by atoms with van der Waals surface area (Å²) in [5.74, 6) is -0.750. The number of anilines is 1. The van der Waals surface area contributed by atoms with E-state index in [0.717, 1.165) is 21.4 Å². The van der Waals surface area contributed by atoms with Crippen molar-refractivity contribution in [1.29, 1.82) is 0 Å². The van der Waals surface area contributed by atoms with Gasteiger partial charge in [-0.3, -0.25) is 19.7 Å². The SMILES string of the molecule is O=C1C[C@H](NCCc2c[nH]c3ccccc23)C(=O)N1c1cccc([N+](=O)[O-])c1. The first-order valence-electron chi connectivity index (χ1n) is 8.94. The van der Waals surface area contributed by atoms with Gasteiger partial charge in [-0.1, -0.05) is 24.3 Å². The highest BCUT2D eigenvalue weighted by molar-refractivity contribution is 6.22. The van der Waals surface area contributed by atoms with Crippen molar-refractivity contribution in [2.45, 2.75) is 18.9 Å². The number of nitrogens with zero attached hydrogens (tertiary/aromatic N) is 2. The Kier molecular flexibility index (Phi) is 4.62. The Morgan fingerprint density at radius 3 is 2.82 bits per heavy atom. The molecular weight excluding hydrogens is 360 g/mol. The van der Waals surface area contributed by atoms with Gasteiger partial charge in [0.05, 0.1) is 23.1 Å². The van der Waals surface area contributed by atoms with E-state index in [1.165, 1.54) is 24.3 Å². The van der Waals surface area contributed by atoms with E-state index in [1.54, 1.807) is 0 Å². The van der Waals surface area contributed by atoms with E-state index in [9.17, 15) is 19.7 Å². The van der Waals surface area contributed by atoms with Crippen molar-refractivity contribution >= 4 is 34.1 Å². The average molecular weight is 378 g/mol. The van der Waals surface area contributed by atoms with Gasteiger partial charge < -0.3 is 10.3 Å². The Morgan fingerprint density at radius 1 is 1.18 bits per heavy atom. The van der Waals surface area contributed by atoms with Gasteiger partial charge in [0.1, 0.15) is 0 Å². The first-order chi connectivity index (χ1) is 13.5. The molecule has 28 heavy (non-hydrogen) atoms. The van der Waals surface area contributed by atoms with Crippen LogP contribution in [-0.2, 0) is 16.0 Å². The summed E-state index contributed by atoms with van der Waals surface area (Å²) in [6, 6.07) is 12.9. The van der Waals surface area contributed by atoms with Gasteiger partial charge in [-0.2, -0.15) is 0 Å². The maximum absolute atomic E-state index is 12.7. The molecule has 3 aromatic rings. The summed E-state index contributed by atoms with van der Waals surface area (Å²) in [5, 5.41) is 15.2. The van der Waals surface area contributed by atoms with E-state index in [1.807, 2.05) is 30.5 Å². The summed E-state index contributed by atoms with van der Waals surface area (Å²) in [5.41, 5.74) is 2.26. The van der Waals surface area contributed by atoms with Crippen LogP contribution in [0.1, 0.15) is 12.0 Å². The van der Waals surface area contributed by atoms with E-state index in [0.29, 0.717) is 13.0 Å². The standard InChI is InChI=1S/C20H18N4O4/c25-19-11-18(20(26)23(19)14-4-3-5-15(10-14)24(27)28)21-9-8-13-12-22-17-7-2-1-6-16(13)17/h1-7,10,12,18,21-22H,8-9,11H2/t18-/m0/s1. The molecule has 8 heteroatoms. The van der Waals surface area contributed by atoms with Gasteiger partial charge in [0.2, 0.25) is 5.91 Å². The van der Waals surface area contributed by atoms with Gasteiger partial charge in [0, 0.05) is 35.8 Å². The normalized spacial score (nSPS) is 16.9. The zero-order valence-corrected chi connectivity index (χ0v) is 14.9. The molecule has 0 spiro atoms. The number of nitro benzene ring substituents is 1. The third-order valence-corrected chi connectivity index (χ3v) is 4.91. The number of amides is 2. The fourth-order valence-corrected chi connectivity index (χ4v) is 3.53. The molecule has 1 saturated heterocycles. The molecule has 2 aromatic carbocycles. The van der Waals surface area contributed by atoms with E-state index in [4.69, 9.17) is 0 Å². The Morgan fingerprint density at radius 2 is 2.00 bits per heavy atom. The average Bonchev–Trinajstić information content (AvgIpc) is 3.23. The number of hydrogen-bond acceptors (Lipinski definition) is 5. The first-order valence-corrected chi connectivity index (χ1v) is 8.94. The maximum Gasteiger partial charge on any atom is 0.271 e. The number of aromatic nitrogens is 1.